The van der Waals surface area contributed by atoms with Crippen molar-refractivity contribution >= 4 is 81.1 Å². The maximum absolute atomic E-state index is 2.40. The Bertz CT molecular complexity index is 2840. The van der Waals surface area contributed by atoms with E-state index in [-0.39, 0.29) is 0 Å². The number of nitrogens with zero attached hydrogens (tertiary/aromatic N) is 2. The van der Waals surface area contributed by atoms with Crippen molar-refractivity contribution < 1.29 is 0 Å². The van der Waals surface area contributed by atoms with Crippen molar-refractivity contribution in [3.63, 3.8) is 0 Å². The van der Waals surface area contributed by atoms with Gasteiger partial charge in [0.05, 0.1) is 11.0 Å². The van der Waals surface area contributed by atoms with Gasteiger partial charge in [-0.1, -0.05) is 115 Å². The highest BCUT2D eigenvalue weighted by molar-refractivity contribution is 7.25. The third-order valence-electron chi connectivity index (χ3n) is 9.74. The summed E-state index contributed by atoms with van der Waals surface area (Å²) in [6.45, 7) is 0. The molecule has 2 aromatic heterocycles. The van der Waals surface area contributed by atoms with E-state index in [4.69, 9.17) is 0 Å². The second-order valence-electron chi connectivity index (χ2n) is 12.6. The third-order valence-corrected chi connectivity index (χ3v) is 10.9. The molecule has 0 aliphatic carbocycles. The number of hydrogen-bond acceptors (Lipinski definition) is 2. The lowest BCUT2D eigenvalue weighted by Gasteiger charge is -2.26. The van der Waals surface area contributed by atoms with Crippen LogP contribution in [0.3, 0.4) is 0 Å². The zero-order chi connectivity index (χ0) is 32.3. The van der Waals surface area contributed by atoms with Gasteiger partial charge in [-0.3, -0.25) is 0 Å². The Labute approximate surface area is 288 Å². The van der Waals surface area contributed by atoms with Gasteiger partial charge in [-0.05, 0) is 88.6 Å². The van der Waals surface area contributed by atoms with Crippen LogP contribution in [0.5, 0.6) is 0 Å². The lowest BCUT2D eigenvalue weighted by Crippen LogP contribution is -2.10. The van der Waals surface area contributed by atoms with Crippen LogP contribution in [0.4, 0.5) is 17.1 Å². The summed E-state index contributed by atoms with van der Waals surface area (Å²) in [5.41, 5.74) is 9.36. The van der Waals surface area contributed by atoms with E-state index >= 15 is 0 Å². The van der Waals surface area contributed by atoms with Crippen molar-refractivity contribution in [2.45, 2.75) is 0 Å². The van der Waals surface area contributed by atoms with Gasteiger partial charge >= 0.3 is 0 Å². The second-order valence-corrected chi connectivity index (χ2v) is 13.7. The van der Waals surface area contributed by atoms with E-state index in [0.717, 1.165) is 17.1 Å². The largest absolute Gasteiger partial charge is 0.310 e. The number of aromatic nitrogens is 1. The Hall–Kier alpha value is -6.16. The molecule has 0 saturated heterocycles. The van der Waals surface area contributed by atoms with E-state index in [9.17, 15) is 0 Å². The molecule has 2 nitrogen and oxygen atoms in total. The molecule has 0 bridgehead atoms. The van der Waals surface area contributed by atoms with Crippen molar-refractivity contribution in [1.82, 2.24) is 4.57 Å². The molecule has 0 fully saturated rings. The van der Waals surface area contributed by atoms with Crippen LogP contribution in [0.1, 0.15) is 0 Å². The van der Waals surface area contributed by atoms with Gasteiger partial charge in [0.15, 0.2) is 0 Å². The summed E-state index contributed by atoms with van der Waals surface area (Å²) >= 11 is 1.86. The van der Waals surface area contributed by atoms with Crippen LogP contribution in [-0.2, 0) is 0 Å². The molecule has 8 aromatic carbocycles. The Morgan fingerprint density at radius 3 is 1.94 bits per heavy atom. The van der Waals surface area contributed by atoms with Crippen molar-refractivity contribution in [2.24, 2.45) is 0 Å². The fraction of sp³-hybridized carbons (Fsp3) is 0. The first-order chi connectivity index (χ1) is 24.3. The normalized spacial score (nSPS) is 11.7. The maximum Gasteiger partial charge on any atom is 0.0547 e. The standard InChI is InChI=1S/C46H30N2S/c1-2-14-35(15-3-1)48-43-19-8-6-17-39(43)40-25-22-34(29-44(40)48)33-13-10-16-36(28-33)47(37-23-21-31-11-4-5-12-32(31)27-37)38-24-26-42-41-18-7-9-20-45(41)49-46(42)30-38/h1-30H. The predicted molar refractivity (Wildman–Crippen MR) is 211 cm³/mol. The van der Waals surface area contributed by atoms with E-state index in [1.807, 2.05) is 11.3 Å². The molecule has 0 spiro atoms. The first kappa shape index (κ1) is 27.9. The van der Waals surface area contributed by atoms with Crippen LogP contribution < -0.4 is 4.90 Å². The van der Waals surface area contributed by atoms with Crippen molar-refractivity contribution in [3.05, 3.63) is 182 Å². The molecule has 10 rings (SSSR count). The average Bonchev–Trinajstić information content (AvgIpc) is 3.70. The molecular weight excluding hydrogens is 613 g/mol. The van der Waals surface area contributed by atoms with Gasteiger partial charge in [0.2, 0.25) is 0 Å². The Balaban J connectivity index is 1.16. The van der Waals surface area contributed by atoms with Crippen molar-refractivity contribution in [1.29, 1.82) is 0 Å². The van der Waals surface area contributed by atoms with Crippen LogP contribution in [0, 0.1) is 0 Å². The summed E-state index contributed by atoms with van der Waals surface area (Å²) in [6, 6.07) is 66.3. The van der Waals surface area contributed by atoms with Gasteiger partial charge in [0.1, 0.15) is 0 Å². The predicted octanol–water partition coefficient (Wildman–Crippen LogP) is 13.4. The van der Waals surface area contributed by atoms with E-state index in [2.05, 4.69) is 191 Å². The van der Waals surface area contributed by atoms with Crippen LogP contribution in [0.2, 0.25) is 0 Å². The minimum absolute atomic E-state index is 1.12. The first-order valence-electron chi connectivity index (χ1n) is 16.7. The summed E-state index contributed by atoms with van der Waals surface area (Å²) in [4.78, 5) is 2.40. The smallest absolute Gasteiger partial charge is 0.0547 e. The van der Waals surface area contributed by atoms with Gasteiger partial charge < -0.3 is 9.47 Å². The highest BCUT2D eigenvalue weighted by Gasteiger charge is 2.17. The minimum atomic E-state index is 1.12. The molecule has 0 amide bonds. The van der Waals surface area contributed by atoms with Gasteiger partial charge in [-0.15, -0.1) is 11.3 Å². The van der Waals surface area contributed by atoms with Gasteiger partial charge in [-0.25, -0.2) is 0 Å². The first-order valence-corrected chi connectivity index (χ1v) is 17.5. The summed E-state index contributed by atoms with van der Waals surface area (Å²) in [7, 11) is 0. The van der Waals surface area contributed by atoms with Gasteiger partial charge in [0, 0.05) is 53.7 Å². The highest BCUT2D eigenvalue weighted by Crippen LogP contribution is 2.42. The van der Waals surface area contributed by atoms with E-state index in [1.165, 1.54) is 69.6 Å². The van der Waals surface area contributed by atoms with Gasteiger partial charge in [0.25, 0.3) is 0 Å². The van der Waals surface area contributed by atoms with Crippen molar-refractivity contribution in [2.75, 3.05) is 4.90 Å². The molecule has 0 N–H and O–H groups in total. The molecule has 10 aromatic rings. The number of fused-ring (bicyclic) bond motifs is 7. The zero-order valence-electron chi connectivity index (χ0n) is 26.6. The maximum atomic E-state index is 2.40. The Kier molecular flexibility index (Phi) is 6.39. The molecule has 0 atom stereocenters. The third kappa shape index (κ3) is 4.62. The molecule has 49 heavy (non-hydrogen) atoms. The molecule has 2 heterocycles. The lowest BCUT2D eigenvalue weighted by atomic mass is 10.0. The lowest BCUT2D eigenvalue weighted by molar-refractivity contribution is 1.18. The number of benzene rings is 8. The van der Waals surface area contributed by atoms with Crippen LogP contribution in [0.25, 0.3) is 69.6 Å². The van der Waals surface area contributed by atoms with Crippen molar-refractivity contribution in [3.8, 4) is 16.8 Å². The molecule has 0 aliphatic heterocycles. The molecule has 3 heteroatoms. The summed E-state index contributed by atoms with van der Waals surface area (Å²) < 4.78 is 5.00. The molecule has 230 valence electrons. The van der Waals surface area contributed by atoms with Gasteiger partial charge in [-0.2, -0.15) is 0 Å². The zero-order valence-corrected chi connectivity index (χ0v) is 27.4. The van der Waals surface area contributed by atoms with E-state index < -0.39 is 0 Å². The molecule has 0 aliphatic rings. The number of anilines is 3. The van der Waals surface area contributed by atoms with Crippen LogP contribution >= 0.6 is 11.3 Å². The monoisotopic (exact) mass is 642 g/mol. The number of thiophene rings is 1. The molecule has 0 saturated carbocycles. The summed E-state index contributed by atoms with van der Waals surface area (Å²) in [5.74, 6) is 0. The minimum Gasteiger partial charge on any atom is -0.310 e. The number of hydrogen-bond donors (Lipinski definition) is 0. The average molecular weight is 643 g/mol. The van der Waals surface area contributed by atoms with Crippen LogP contribution in [0.15, 0.2) is 182 Å². The molecular formula is C46H30N2S. The highest BCUT2D eigenvalue weighted by atomic mass is 32.1. The molecule has 0 unspecified atom stereocenters. The molecule has 0 radical (unpaired) electrons. The van der Waals surface area contributed by atoms with E-state index in [0.29, 0.717) is 0 Å². The Morgan fingerprint density at radius 1 is 0.367 bits per heavy atom. The topological polar surface area (TPSA) is 8.17 Å². The van der Waals surface area contributed by atoms with Crippen LogP contribution in [-0.4, -0.2) is 4.57 Å². The fourth-order valence-corrected chi connectivity index (χ4v) is 8.59. The second kappa shape index (κ2) is 11.2. The fourth-order valence-electron chi connectivity index (χ4n) is 7.45. The quantitative estimate of drug-likeness (QED) is 0.181. The summed E-state index contributed by atoms with van der Waals surface area (Å²) in [6.07, 6.45) is 0. The number of rotatable bonds is 5. The summed E-state index contributed by atoms with van der Waals surface area (Å²) in [5, 5.41) is 7.61. The number of para-hydroxylation sites is 2. The SMILES string of the molecule is c1ccc(-n2c3ccccc3c3ccc(-c4cccc(N(c5ccc6ccccc6c5)c5ccc6c(c5)sc5ccccc56)c4)cc32)cc1. The Morgan fingerprint density at radius 2 is 1.02 bits per heavy atom. The van der Waals surface area contributed by atoms with E-state index in [1.54, 1.807) is 0 Å².